The van der Waals surface area contributed by atoms with Crippen LogP contribution in [0.2, 0.25) is 0 Å². The molecule has 3 rings (SSSR count). The first-order chi connectivity index (χ1) is 8.66. The van der Waals surface area contributed by atoms with E-state index in [0.717, 1.165) is 10.9 Å². The lowest BCUT2D eigenvalue weighted by atomic mass is 10.1. The molecule has 2 N–H and O–H groups in total. The smallest absolute Gasteiger partial charge is 0.308 e. The van der Waals surface area contributed by atoms with Gasteiger partial charge in [-0.3, -0.25) is 19.6 Å². The topological polar surface area (TPSA) is 86.3 Å². The average Bonchev–Trinajstić information content (AvgIpc) is 2.92. The Hall–Kier alpha value is -2.37. The van der Waals surface area contributed by atoms with E-state index in [1.807, 2.05) is 24.3 Å². The zero-order valence-electron chi connectivity index (χ0n) is 9.46. The van der Waals surface area contributed by atoms with Crippen molar-refractivity contribution < 1.29 is 14.7 Å². The number of H-pyrrole nitrogens is 1. The number of nitrogens with one attached hydrogen (secondary N) is 1. The molecular weight excluding hydrogens is 234 g/mol. The zero-order valence-corrected chi connectivity index (χ0v) is 9.46. The number of nitrogens with zero attached hydrogens (tertiary/aromatic N) is 2. The van der Waals surface area contributed by atoms with Gasteiger partial charge in [-0.1, -0.05) is 12.1 Å². The molecule has 92 valence electrons. The van der Waals surface area contributed by atoms with Gasteiger partial charge >= 0.3 is 5.97 Å². The Morgan fingerprint density at radius 2 is 2.22 bits per heavy atom. The Bertz CT molecular complexity index is 634. The monoisotopic (exact) mass is 245 g/mol. The van der Waals surface area contributed by atoms with Crippen LogP contribution in [0.5, 0.6) is 0 Å². The molecule has 1 aliphatic rings. The Morgan fingerprint density at radius 3 is 2.94 bits per heavy atom. The van der Waals surface area contributed by atoms with Crippen LogP contribution in [-0.4, -0.2) is 33.7 Å². The fraction of sp³-hybridized carbons (Fsp3) is 0.250. The molecule has 6 heteroatoms. The standard InChI is InChI=1S/C12H11N3O3/c16-10-5-7(12(17)18)6-15(10)11-8-3-1-2-4-9(8)13-14-11/h1-4,7H,5-6H2,(H,13,14)(H,17,18)/t7-/m0/s1. The van der Waals surface area contributed by atoms with E-state index < -0.39 is 11.9 Å². The molecule has 2 heterocycles. The Morgan fingerprint density at radius 1 is 1.44 bits per heavy atom. The summed E-state index contributed by atoms with van der Waals surface area (Å²) in [5.74, 6) is -1.27. The van der Waals surface area contributed by atoms with Crippen molar-refractivity contribution in [2.45, 2.75) is 6.42 Å². The molecule has 1 aromatic heterocycles. The van der Waals surface area contributed by atoms with Crippen molar-refractivity contribution in [2.24, 2.45) is 5.92 Å². The van der Waals surface area contributed by atoms with Gasteiger partial charge in [0.25, 0.3) is 0 Å². The maximum absolute atomic E-state index is 11.8. The summed E-state index contributed by atoms with van der Waals surface area (Å²) >= 11 is 0. The van der Waals surface area contributed by atoms with E-state index in [-0.39, 0.29) is 18.9 Å². The minimum atomic E-state index is -0.939. The van der Waals surface area contributed by atoms with Crippen molar-refractivity contribution in [1.82, 2.24) is 10.2 Å². The highest BCUT2D eigenvalue weighted by Crippen LogP contribution is 2.29. The third-order valence-electron chi connectivity index (χ3n) is 3.18. The number of carbonyl (C=O) groups excluding carboxylic acids is 1. The van der Waals surface area contributed by atoms with Crippen LogP contribution in [0.25, 0.3) is 10.9 Å². The predicted molar refractivity (Wildman–Crippen MR) is 64.2 cm³/mol. The van der Waals surface area contributed by atoms with Gasteiger partial charge in [0.15, 0.2) is 5.82 Å². The van der Waals surface area contributed by atoms with Crippen LogP contribution in [-0.2, 0) is 9.59 Å². The number of fused-ring (bicyclic) bond motifs is 1. The fourth-order valence-electron chi connectivity index (χ4n) is 2.23. The summed E-state index contributed by atoms with van der Waals surface area (Å²) in [6.07, 6.45) is 0.0382. The van der Waals surface area contributed by atoms with Gasteiger partial charge in [-0.05, 0) is 12.1 Å². The molecule has 1 aliphatic heterocycles. The highest BCUT2D eigenvalue weighted by Gasteiger charge is 2.36. The molecule has 18 heavy (non-hydrogen) atoms. The molecule has 0 aliphatic carbocycles. The number of aromatic amines is 1. The fourth-order valence-corrected chi connectivity index (χ4v) is 2.23. The number of aromatic nitrogens is 2. The second-order valence-electron chi connectivity index (χ2n) is 4.34. The highest BCUT2D eigenvalue weighted by molar-refractivity contribution is 6.04. The quantitative estimate of drug-likeness (QED) is 0.826. The Kier molecular flexibility index (Phi) is 2.29. The van der Waals surface area contributed by atoms with E-state index in [1.54, 1.807) is 0 Å². The molecule has 1 aromatic carbocycles. The van der Waals surface area contributed by atoms with Crippen molar-refractivity contribution in [3.63, 3.8) is 0 Å². The van der Waals surface area contributed by atoms with Crippen LogP contribution < -0.4 is 4.90 Å². The first kappa shape index (κ1) is 10.8. The first-order valence-electron chi connectivity index (χ1n) is 5.63. The molecule has 1 saturated heterocycles. The number of hydrogen-bond acceptors (Lipinski definition) is 3. The lowest BCUT2D eigenvalue weighted by Crippen LogP contribution is -2.26. The molecular formula is C12H11N3O3. The first-order valence-corrected chi connectivity index (χ1v) is 5.63. The number of carbonyl (C=O) groups is 2. The second kappa shape index (κ2) is 3.83. The van der Waals surface area contributed by atoms with Gasteiger partial charge in [0.2, 0.25) is 5.91 Å². The number of anilines is 1. The normalized spacial score (nSPS) is 19.7. The Balaban J connectivity index is 2.00. The van der Waals surface area contributed by atoms with E-state index in [2.05, 4.69) is 10.2 Å². The summed E-state index contributed by atoms with van der Waals surface area (Å²) in [5, 5.41) is 16.7. The molecule has 2 aromatic rings. The van der Waals surface area contributed by atoms with Gasteiger partial charge in [0.05, 0.1) is 11.4 Å². The summed E-state index contributed by atoms with van der Waals surface area (Å²) in [6, 6.07) is 7.45. The maximum atomic E-state index is 11.8. The SMILES string of the molecule is O=C(O)[C@H]1CC(=O)N(c2n[nH]c3ccccc23)C1. The second-order valence-corrected chi connectivity index (χ2v) is 4.34. The van der Waals surface area contributed by atoms with Gasteiger partial charge in [-0.15, -0.1) is 0 Å². The van der Waals surface area contributed by atoms with E-state index in [4.69, 9.17) is 5.11 Å². The Labute approximate surface area is 102 Å². The van der Waals surface area contributed by atoms with Crippen molar-refractivity contribution >= 4 is 28.6 Å². The third kappa shape index (κ3) is 1.54. The molecule has 1 fully saturated rings. The van der Waals surface area contributed by atoms with E-state index >= 15 is 0 Å². The van der Waals surface area contributed by atoms with Crippen LogP contribution >= 0.6 is 0 Å². The summed E-state index contributed by atoms with van der Waals surface area (Å²) in [5.41, 5.74) is 0.832. The maximum Gasteiger partial charge on any atom is 0.308 e. The summed E-state index contributed by atoms with van der Waals surface area (Å²) in [4.78, 5) is 24.2. The van der Waals surface area contributed by atoms with Gasteiger partial charge in [-0.25, -0.2) is 0 Å². The number of aliphatic carboxylic acids is 1. The van der Waals surface area contributed by atoms with Gasteiger partial charge < -0.3 is 5.11 Å². The lowest BCUT2D eigenvalue weighted by Gasteiger charge is -2.12. The minimum absolute atomic E-state index is 0.0382. The summed E-state index contributed by atoms with van der Waals surface area (Å²) < 4.78 is 0. The van der Waals surface area contributed by atoms with Crippen molar-refractivity contribution in [1.29, 1.82) is 0 Å². The molecule has 6 nitrogen and oxygen atoms in total. The summed E-state index contributed by atoms with van der Waals surface area (Å²) in [6.45, 7) is 0.184. The number of carboxylic acid groups (broad SMARTS) is 1. The van der Waals surface area contributed by atoms with Crippen LogP contribution in [0.15, 0.2) is 24.3 Å². The van der Waals surface area contributed by atoms with Crippen LogP contribution in [0.4, 0.5) is 5.82 Å². The minimum Gasteiger partial charge on any atom is -0.481 e. The number of amides is 1. The molecule has 0 radical (unpaired) electrons. The van der Waals surface area contributed by atoms with Crippen molar-refractivity contribution in [3.05, 3.63) is 24.3 Å². The molecule has 1 atom stereocenters. The largest absolute Gasteiger partial charge is 0.481 e. The zero-order chi connectivity index (χ0) is 12.7. The number of carboxylic acids is 1. The van der Waals surface area contributed by atoms with Crippen LogP contribution in [0, 0.1) is 5.92 Å². The molecule has 0 spiro atoms. The average molecular weight is 245 g/mol. The van der Waals surface area contributed by atoms with E-state index in [9.17, 15) is 9.59 Å². The lowest BCUT2D eigenvalue weighted by molar-refractivity contribution is -0.141. The summed E-state index contributed by atoms with van der Waals surface area (Å²) in [7, 11) is 0. The molecule has 0 bridgehead atoms. The number of benzene rings is 1. The van der Waals surface area contributed by atoms with Crippen molar-refractivity contribution in [3.8, 4) is 0 Å². The molecule has 1 amide bonds. The molecule has 0 unspecified atom stereocenters. The predicted octanol–water partition coefficient (Wildman–Crippen LogP) is 1.00. The van der Waals surface area contributed by atoms with Gasteiger partial charge in [-0.2, -0.15) is 5.10 Å². The van der Waals surface area contributed by atoms with E-state index in [1.165, 1.54) is 4.90 Å². The van der Waals surface area contributed by atoms with Gasteiger partial charge in [0.1, 0.15) is 0 Å². The highest BCUT2D eigenvalue weighted by atomic mass is 16.4. The van der Waals surface area contributed by atoms with Crippen LogP contribution in [0.3, 0.4) is 0 Å². The van der Waals surface area contributed by atoms with E-state index in [0.29, 0.717) is 5.82 Å². The van der Waals surface area contributed by atoms with Gasteiger partial charge in [0, 0.05) is 18.4 Å². The van der Waals surface area contributed by atoms with Crippen molar-refractivity contribution in [2.75, 3.05) is 11.4 Å². The number of hydrogen-bond donors (Lipinski definition) is 2. The number of rotatable bonds is 2. The number of para-hydroxylation sites is 1. The van der Waals surface area contributed by atoms with Crippen LogP contribution in [0.1, 0.15) is 6.42 Å². The molecule has 0 saturated carbocycles. The third-order valence-corrected chi connectivity index (χ3v) is 3.18.